The van der Waals surface area contributed by atoms with Gasteiger partial charge in [-0.15, -0.1) is 0 Å². The van der Waals surface area contributed by atoms with Crippen molar-refractivity contribution in [3.8, 4) is 23.1 Å². The summed E-state index contributed by atoms with van der Waals surface area (Å²) in [7, 11) is 0. The maximum atomic E-state index is 5.60. The molecule has 1 aromatic carbocycles. The Labute approximate surface area is 117 Å². The fraction of sp³-hybridized carbons (Fsp3) is 0. The highest BCUT2D eigenvalue weighted by Gasteiger charge is 2.19. The third kappa shape index (κ3) is 1.81. The molecule has 0 saturated carbocycles. The van der Waals surface area contributed by atoms with Crippen molar-refractivity contribution in [2.24, 2.45) is 0 Å². The Balaban J connectivity index is 1.87. The first kappa shape index (κ1) is 11.5. The van der Waals surface area contributed by atoms with Crippen LogP contribution in [0.25, 0.3) is 33.9 Å². The molecule has 0 saturated heterocycles. The molecule has 2 N–H and O–H groups in total. The van der Waals surface area contributed by atoms with Crippen molar-refractivity contribution in [1.82, 2.24) is 25.4 Å². The minimum absolute atomic E-state index is 0.0936. The summed E-state index contributed by atoms with van der Waals surface area (Å²) in [6.45, 7) is 0. The monoisotopic (exact) mass is 280 g/mol. The molecule has 21 heavy (non-hydrogen) atoms. The van der Waals surface area contributed by atoms with E-state index in [4.69, 9.17) is 10.3 Å². The van der Waals surface area contributed by atoms with Crippen molar-refractivity contribution >= 4 is 16.6 Å². The average molecular weight is 280 g/mol. The van der Waals surface area contributed by atoms with Crippen LogP contribution in [0.3, 0.4) is 0 Å². The van der Waals surface area contributed by atoms with Crippen molar-refractivity contribution in [1.29, 1.82) is 0 Å². The first-order valence-corrected chi connectivity index (χ1v) is 6.09. The second-order valence-electron chi connectivity index (χ2n) is 4.30. The van der Waals surface area contributed by atoms with Crippen molar-refractivity contribution in [2.75, 3.05) is 5.73 Å². The zero-order valence-electron chi connectivity index (χ0n) is 10.6. The zero-order chi connectivity index (χ0) is 14.2. The van der Waals surface area contributed by atoms with Crippen LogP contribution in [0.5, 0.6) is 0 Å². The largest absolute Gasteiger partial charge is 0.379 e. The van der Waals surface area contributed by atoms with Crippen LogP contribution in [-0.4, -0.2) is 25.4 Å². The number of fused-ring (bicyclic) bond motifs is 1. The van der Waals surface area contributed by atoms with Gasteiger partial charge in [-0.1, -0.05) is 29.4 Å². The minimum atomic E-state index is 0.0936. The summed E-state index contributed by atoms with van der Waals surface area (Å²) in [5, 5.41) is 13.0. The number of nitrogen functional groups attached to an aromatic ring is 1. The number of nitrogens with zero attached hydrogens (tertiary/aromatic N) is 5. The Morgan fingerprint density at radius 3 is 2.71 bits per heavy atom. The van der Waals surface area contributed by atoms with Crippen molar-refractivity contribution < 1.29 is 9.15 Å². The van der Waals surface area contributed by atoms with Crippen LogP contribution in [0.1, 0.15) is 0 Å². The lowest BCUT2D eigenvalue weighted by Gasteiger charge is -2.00. The van der Waals surface area contributed by atoms with E-state index in [1.54, 1.807) is 6.20 Å². The van der Waals surface area contributed by atoms with E-state index in [1.807, 2.05) is 30.3 Å². The van der Waals surface area contributed by atoms with Gasteiger partial charge in [0.05, 0.1) is 0 Å². The summed E-state index contributed by atoms with van der Waals surface area (Å²) < 4.78 is 9.67. The predicted molar refractivity (Wildman–Crippen MR) is 72.7 cm³/mol. The molecule has 0 aliphatic carbocycles. The molecule has 0 radical (unpaired) electrons. The number of rotatable bonds is 2. The van der Waals surface area contributed by atoms with Gasteiger partial charge in [-0.2, -0.15) is 4.98 Å². The van der Waals surface area contributed by atoms with Gasteiger partial charge >= 0.3 is 0 Å². The van der Waals surface area contributed by atoms with Gasteiger partial charge in [0, 0.05) is 11.6 Å². The van der Waals surface area contributed by atoms with Gasteiger partial charge in [-0.3, -0.25) is 4.98 Å². The Morgan fingerprint density at radius 1 is 0.952 bits per heavy atom. The molecular formula is C13H8N6O2. The topological polar surface area (TPSA) is 117 Å². The summed E-state index contributed by atoms with van der Waals surface area (Å²) in [5.41, 5.74) is 6.44. The highest BCUT2D eigenvalue weighted by atomic mass is 16.6. The smallest absolute Gasteiger partial charge is 0.284 e. The molecule has 102 valence electrons. The van der Waals surface area contributed by atoms with E-state index in [9.17, 15) is 0 Å². The molecule has 0 fully saturated rings. The van der Waals surface area contributed by atoms with E-state index in [0.717, 1.165) is 10.8 Å². The Kier molecular flexibility index (Phi) is 2.40. The molecule has 0 spiro atoms. The second-order valence-corrected chi connectivity index (χ2v) is 4.30. The first-order chi connectivity index (χ1) is 10.3. The van der Waals surface area contributed by atoms with Gasteiger partial charge in [0.25, 0.3) is 5.89 Å². The molecule has 0 atom stereocenters. The van der Waals surface area contributed by atoms with Gasteiger partial charge in [-0.05, 0) is 21.8 Å². The van der Waals surface area contributed by atoms with Crippen LogP contribution >= 0.6 is 0 Å². The highest BCUT2D eigenvalue weighted by molar-refractivity contribution is 5.92. The molecule has 4 rings (SSSR count). The van der Waals surface area contributed by atoms with Crippen LogP contribution in [0.2, 0.25) is 0 Å². The minimum Gasteiger partial charge on any atom is -0.379 e. The van der Waals surface area contributed by atoms with E-state index in [0.29, 0.717) is 11.5 Å². The zero-order valence-corrected chi connectivity index (χ0v) is 10.6. The Hall–Kier alpha value is -3.29. The molecule has 0 aliphatic heterocycles. The Bertz CT molecular complexity index is 924. The molecule has 0 bridgehead atoms. The van der Waals surface area contributed by atoms with Gasteiger partial charge in [0.2, 0.25) is 17.3 Å². The average Bonchev–Trinajstić information content (AvgIpc) is 3.15. The summed E-state index contributed by atoms with van der Waals surface area (Å²) in [4.78, 5) is 8.57. The lowest BCUT2D eigenvalue weighted by atomic mass is 10.1. The highest BCUT2D eigenvalue weighted by Crippen LogP contribution is 2.27. The van der Waals surface area contributed by atoms with E-state index >= 15 is 0 Å². The lowest BCUT2D eigenvalue weighted by molar-refractivity contribution is 0.308. The summed E-state index contributed by atoms with van der Waals surface area (Å²) >= 11 is 0. The third-order valence-corrected chi connectivity index (χ3v) is 3.03. The van der Waals surface area contributed by atoms with Crippen LogP contribution in [0.4, 0.5) is 5.82 Å². The number of hydrogen-bond donors (Lipinski definition) is 1. The number of pyridine rings is 1. The van der Waals surface area contributed by atoms with Crippen LogP contribution < -0.4 is 5.73 Å². The van der Waals surface area contributed by atoms with Crippen LogP contribution in [0, 0.1) is 0 Å². The van der Waals surface area contributed by atoms with Crippen molar-refractivity contribution in [2.45, 2.75) is 0 Å². The molecule has 3 heterocycles. The fourth-order valence-electron chi connectivity index (χ4n) is 2.06. The van der Waals surface area contributed by atoms with Crippen LogP contribution in [-0.2, 0) is 0 Å². The summed E-state index contributed by atoms with van der Waals surface area (Å²) in [6.07, 6.45) is 1.69. The molecule has 0 aliphatic rings. The van der Waals surface area contributed by atoms with Crippen molar-refractivity contribution in [3.63, 3.8) is 0 Å². The van der Waals surface area contributed by atoms with Gasteiger partial charge in [0.15, 0.2) is 0 Å². The third-order valence-electron chi connectivity index (χ3n) is 3.03. The molecule has 8 nitrogen and oxygen atoms in total. The maximum Gasteiger partial charge on any atom is 0.284 e. The molecule has 4 aromatic rings. The number of hydrogen-bond acceptors (Lipinski definition) is 8. The maximum absolute atomic E-state index is 5.60. The number of anilines is 1. The van der Waals surface area contributed by atoms with Gasteiger partial charge < -0.3 is 10.3 Å². The van der Waals surface area contributed by atoms with E-state index < -0.39 is 0 Å². The Morgan fingerprint density at radius 2 is 1.86 bits per heavy atom. The number of benzene rings is 1. The van der Waals surface area contributed by atoms with Gasteiger partial charge in [-0.25, -0.2) is 4.63 Å². The molecular weight excluding hydrogens is 272 g/mol. The molecule has 8 heteroatoms. The van der Waals surface area contributed by atoms with Gasteiger partial charge in [0.1, 0.15) is 5.69 Å². The summed E-state index contributed by atoms with van der Waals surface area (Å²) in [6, 6.07) is 9.73. The quantitative estimate of drug-likeness (QED) is 0.591. The van der Waals surface area contributed by atoms with E-state index in [-0.39, 0.29) is 17.4 Å². The van der Waals surface area contributed by atoms with Crippen LogP contribution in [0.15, 0.2) is 45.7 Å². The normalized spacial score (nSPS) is 11.0. The molecule has 0 unspecified atom stereocenters. The lowest BCUT2D eigenvalue weighted by Crippen LogP contribution is -1.90. The van der Waals surface area contributed by atoms with Crippen molar-refractivity contribution in [3.05, 3.63) is 36.5 Å². The SMILES string of the molecule is Nc1nonc1-c1nc(-c2nccc3ccccc23)no1. The first-order valence-electron chi connectivity index (χ1n) is 6.09. The predicted octanol–water partition coefficient (Wildman–Crippen LogP) is 1.92. The number of nitrogens with two attached hydrogens (primary N) is 1. The van der Waals surface area contributed by atoms with E-state index in [1.165, 1.54) is 0 Å². The van der Waals surface area contributed by atoms with E-state index in [2.05, 4.69) is 30.1 Å². The summed E-state index contributed by atoms with van der Waals surface area (Å²) in [5.74, 6) is 0.582. The second kappa shape index (κ2) is 4.37. The fourth-order valence-corrected chi connectivity index (χ4v) is 2.06. The molecule has 3 aromatic heterocycles. The number of aromatic nitrogens is 5. The standard InChI is InChI=1S/C13H8N6O2/c14-11-10(17-21-18-11)13-16-12(19-20-13)9-8-4-2-1-3-7(8)5-6-15-9/h1-6H,(H2,14,18). The molecule has 0 amide bonds.